The number of hydrogen-bond donors (Lipinski definition) is 2. The first kappa shape index (κ1) is 18.0. The lowest BCUT2D eigenvalue weighted by Gasteiger charge is -2.30. The van der Waals surface area contributed by atoms with Gasteiger partial charge in [0.15, 0.2) is 5.96 Å². The Morgan fingerprint density at radius 1 is 1.38 bits per heavy atom. The van der Waals surface area contributed by atoms with Gasteiger partial charge in [-0.2, -0.15) is 0 Å². The monoisotopic (exact) mass is 330 g/mol. The third kappa shape index (κ3) is 5.38. The van der Waals surface area contributed by atoms with Gasteiger partial charge in [0.05, 0.1) is 25.7 Å². The number of carbonyl (C=O) groups is 1. The van der Waals surface area contributed by atoms with E-state index in [0.717, 1.165) is 11.1 Å². The summed E-state index contributed by atoms with van der Waals surface area (Å²) in [5, 5.41) is 2.99. The van der Waals surface area contributed by atoms with E-state index >= 15 is 0 Å². The largest absolute Gasteiger partial charge is 0.378 e. The van der Waals surface area contributed by atoms with Crippen LogP contribution in [0.15, 0.2) is 47.5 Å². The second-order valence-electron chi connectivity index (χ2n) is 5.94. The summed E-state index contributed by atoms with van der Waals surface area (Å²) in [6.45, 7) is 9.02. The van der Waals surface area contributed by atoms with E-state index in [-0.39, 0.29) is 11.8 Å². The zero-order chi connectivity index (χ0) is 17.4. The molecule has 1 atom stereocenters. The van der Waals surface area contributed by atoms with Gasteiger partial charge in [-0.25, -0.2) is 0 Å². The van der Waals surface area contributed by atoms with Crippen molar-refractivity contribution in [1.29, 1.82) is 0 Å². The van der Waals surface area contributed by atoms with E-state index in [0.29, 0.717) is 45.4 Å². The number of carbonyl (C=O) groups excluding carboxylic acids is 1. The predicted octanol–water partition coefficient (Wildman–Crippen LogP) is 1.11. The maximum Gasteiger partial charge on any atom is 0.232 e. The van der Waals surface area contributed by atoms with Crippen molar-refractivity contribution in [3.63, 3.8) is 0 Å². The van der Waals surface area contributed by atoms with Crippen LogP contribution in [0.1, 0.15) is 18.4 Å². The number of nitrogens with one attached hydrogen (secondary N) is 1. The van der Waals surface area contributed by atoms with E-state index in [1.54, 1.807) is 0 Å². The Morgan fingerprint density at radius 2 is 2.04 bits per heavy atom. The summed E-state index contributed by atoms with van der Waals surface area (Å²) in [7, 11) is 0. The molecule has 1 aromatic carbocycles. The van der Waals surface area contributed by atoms with Crippen LogP contribution in [0.25, 0.3) is 0 Å². The maximum atomic E-state index is 12.9. The molecule has 1 aliphatic heterocycles. The molecule has 1 amide bonds. The SMILES string of the molecule is C=C(C)CNC(N)=NCC(C(=O)N1CCOCC1)c1ccccc1. The number of aliphatic imine (C=N–C) groups is 1. The molecule has 1 unspecified atom stereocenters. The number of amides is 1. The molecule has 0 aromatic heterocycles. The van der Waals surface area contributed by atoms with Crippen LogP contribution in [0.2, 0.25) is 0 Å². The average Bonchev–Trinajstić information content (AvgIpc) is 2.61. The predicted molar refractivity (Wildman–Crippen MR) is 95.9 cm³/mol. The number of ether oxygens (including phenoxy) is 1. The lowest BCUT2D eigenvalue weighted by atomic mass is 9.97. The van der Waals surface area contributed by atoms with Crippen LogP contribution in [0.5, 0.6) is 0 Å². The van der Waals surface area contributed by atoms with Crippen molar-refractivity contribution >= 4 is 11.9 Å². The van der Waals surface area contributed by atoms with Crippen LogP contribution in [0.4, 0.5) is 0 Å². The quantitative estimate of drug-likeness (QED) is 0.465. The van der Waals surface area contributed by atoms with Gasteiger partial charge in [-0.15, -0.1) is 0 Å². The van der Waals surface area contributed by atoms with E-state index in [1.807, 2.05) is 42.2 Å². The number of benzene rings is 1. The molecule has 1 aromatic rings. The Kier molecular flexibility index (Phi) is 6.81. The van der Waals surface area contributed by atoms with Crippen LogP contribution < -0.4 is 11.1 Å². The first-order valence-corrected chi connectivity index (χ1v) is 8.17. The average molecular weight is 330 g/mol. The van der Waals surface area contributed by atoms with Gasteiger partial charge in [0, 0.05) is 19.6 Å². The summed E-state index contributed by atoms with van der Waals surface area (Å²) in [6, 6.07) is 9.71. The summed E-state index contributed by atoms with van der Waals surface area (Å²) < 4.78 is 5.33. The first-order valence-electron chi connectivity index (χ1n) is 8.17. The van der Waals surface area contributed by atoms with Crippen molar-refractivity contribution in [2.75, 3.05) is 39.4 Å². The fourth-order valence-electron chi connectivity index (χ4n) is 2.50. The minimum absolute atomic E-state index is 0.0703. The van der Waals surface area contributed by atoms with E-state index in [9.17, 15) is 4.79 Å². The highest BCUT2D eigenvalue weighted by Crippen LogP contribution is 2.20. The van der Waals surface area contributed by atoms with Gasteiger partial charge in [-0.3, -0.25) is 9.79 Å². The fraction of sp³-hybridized carbons (Fsp3) is 0.444. The van der Waals surface area contributed by atoms with Crippen molar-refractivity contribution in [3.05, 3.63) is 48.0 Å². The zero-order valence-electron chi connectivity index (χ0n) is 14.2. The van der Waals surface area contributed by atoms with Gasteiger partial charge in [-0.1, -0.05) is 42.5 Å². The summed E-state index contributed by atoms with van der Waals surface area (Å²) in [6.07, 6.45) is 0. The molecule has 1 fully saturated rings. The van der Waals surface area contributed by atoms with E-state index in [4.69, 9.17) is 10.5 Å². The smallest absolute Gasteiger partial charge is 0.232 e. The van der Waals surface area contributed by atoms with Gasteiger partial charge < -0.3 is 20.7 Å². The second-order valence-corrected chi connectivity index (χ2v) is 5.94. The zero-order valence-corrected chi connectivity index (χ0v) is 14.2. The summed E-state index contributed by atoms with van der Waals surface area (Å²) in [5.41, 5.74) is 7.80. The van der Waals surface area contributed by atoms with Gasteiger partial charge in [0.2, 0.25) is 5.91 Å². The minimum Gasteiger partial charge on any atom is -0.378 e. The number of rotatable bonds is 6. The first-order chi connectivity index (χ1) is 11.6. The molecule has 1 aliphatic rings. The Balaban J connectivity index is 2.09. The molecule has 2 rings (SSSR count). The number of nitrogens with zero attached hydrogens (tertiary/aromatic N) is 2. The normalized spacial score (nSPS) is 16.5. The number of guanidine groups is 1. The van der Waals surface area contributed by atoms with Gasteiger partial charge in [0.25, 0.3) is 0 Å². The molecule has 130 valence electrons. The molecule has 6 heteroatoms. The van der Waals surface area contributed by atoms with Crippen molar-refractivity contribution < 1.29 is 9.53 Å². The molecule has 3 N–H and O–H groups in total. The van der Waals surface area contributed by atoms with Crippen LogP contribution in [-0.4, -0.2) is 56.2 Å². The van der Waals surface area contributed by atoms with Crippen molar-refractivity contribution in [3.8, 4) is 0 Å². The molecule has 1 heterocycles. The van der Waals surface area contributed by atoms with Gasteiger partial charge >= 0.3 is 0 Å². The molecule has 0 aliphatic carbocycles. The summed E-state index contributed by atoms with van der Waals surface area (Å²) in [4.78, 5) is 19.1. The van der Waals surface area contributed by atoms with Gasteiger partial charge in [0.1, 0.15) is 0 Å². The van der Waals surface area contributed by atoms with Crippen LogP contribution >= 0.6 is 0 Å². The van der Waals surface area contributed by atoms with Crippen molar-refractivity contribution in [2.24, 2.45) is 10.7 Å². The highest BCUT2D eigenvalue weighted by molar-refractivity contribution is 5.85. The summed E-state index contributed by atoms with van der Waals surface area (Å²) >= 11 is 0. The number of morpholine rings is 1. The van der Waals surface area contributed by atoms with Crippen molar-refractivity contribution in [1.82, 2.24) is 10.2 Å². The Morgan fingerprint density at radius 3 is 2.67 bits per heavy atom. The standard InChI is InChI=1S/C18H26N4O2/c1-14(2)12-20-18(19)21-13-16(15-6-4-3-5-7-15)17(23)22-8-10-24-11-9-22/h3-7,16H,1,8-13H2,2H3,(H3,19,20,21). The maximum absolute atomic E-state index is 12.9. The number of hydrogen-bond acceptors (Lipinski definition) is 3. The Hall–Kier alpha value is -2.34. The number of nitrogens with two attached hydrogens (primary N) is 1. The Bertz CT molecular complexity index is 580. The van der Waals surface area contributed by atoms with Crippen LogP contribution in [0.3, 0.4) is 0 Å². The molecular weight excluding hydrogens is 304 g/mol. The van der Waals surface area contributed by atoms with Gasteiger partial charge in [-0.05, 0) is 12.5 Å². The third-order valence-corrected chi connectivity index (χ3v) is 3.84. The molecule has 0 spiro atoms. The lowest BCUT2D eigenvalue weighted by molar-refractivity contribution is -0.136. The van der Waals surface area contributed by atoms with E-state index < -0.39 is 0 Å². The van der Waals surface area contributed by atoms with E-state index in [2.05, 4.69) is 16.9 Å². The molecule has 1 saturated heterocycles. The topological polar surface area (TPSA) is 79.9 Å². The summed E-state index contributed by atoms with van der Waals surface area (Å²) in [5.74, 6) is 0.0594. The molecule has 6 nitrogen and oxygen atoms in total. The molecule has 0 saturated carbocycles. The fourth-order valence-corrected chi connectivity index (χ4v) is 2.50. The Labute approximate surface area is 143 Å². The van der Waals surface area contributed by atoms with Crippen LogP contribution in [-0.2, 0) is 9.53 Å². The highest BCUT2D eigenvalue weighted by Gasteiger charge is 2.27. The second kappa shape index (κ2) is 9.08. The third-order valence-electron chi connectivity index (χ3n) is 3.84. The van der Waals surface area contributed by atoms with E-state index in [1.165, 1.54) is 0 Å². The molecule has 0 radical (unpaired) electrons. The minimum atomic E-state index is -0.338. The highest BCUT2D eigenvalue weighted by atomic mass is 16.5. The van der Waals surface area contributed by atoms with Crippen LogP contribution in [0, 0.1) is 0 Å². The molecule has 24 heavy (non-hydrogen) atoms. The lowest BCUT2D eigenvalue weighted by Crippen LogP contribution is -2.44. The van der Waals surface area contributed by atoms with Crippen molar-refractivity contribution in [2.45, 2.75) is 12.8 Å². The molecular formula is C18H26N4O2. The molecule has 0 bridgehead atoms.